The highest BCUT2D eigenvalue weighted by Gasteiger charge is 2.16. The molecule has 0 fully saturated rings. The molecule has 20 heavy (non-hydrogen) atoms. The molecule has 2 N–H and O–H groups in total. The predicted octanol–water partition coefficient (Wildman–Crippen LogP) is 2.88. The second-order valence-corrected chi connectivity index (χ2v) is 5.40. The van der Waals surface area contributed by atoms with Crippen LogP contribution in [-0.2, 0) is 12.8 Å². The maximum Gasteiger partial charge on any atom is 0.165 e. The zero-order valence-corrected chi connectivity index (χ0v) is 12.4. The lowest BCUT2D eigenvalue weighted by atomic mass is 10.0. The number of nitrogens with two attached hydrogens (primary N) is 1. The van der Waals surface area contributed by atoms with Crippen LogP contribution in [0.2, 0.25) is 0 Å². The van der Waals surface area contributed by atoms with Gasteiger partial charge in [0.25, 0.3) is 0 Å². The Bertz CT molecular complexity index is 573. The van der Waals surface area contributed by atoms with E-state index in [9.17, 15) is 4.39 Å². The number of aromatic nitrogens is 2. The Morgan fingerprint density at radius 3 is 2.90 bits per heavy atom. The summed E-state index contributed by atoms with van der Waals surface area (Å²) < 4.78 is 22.5. The Morgan fingerprint density at radius 2 is 2.25 bits per heavy atom. The van der Waals surface area contributed by atoms with Crippen LogP contribution in [0.15, 0.2) is 18.2 Å². The van der Waals surface area contributed by atoms with E-state index in [0.29, 0.717) is 6.42 Å². The minimum absolute atomic E-state index is 0.204. The first-order valence-electron chi connectivity index (χ1n) is 6.54. The number of halogens is 1. The Labute approximate surface area is 121 Å². The van der Waals surface area contributed by atoms with Crippen LogP contribution in [0.3, 0.4) is 0 Å². The van der Waals surface area contributed by atoms with Gasteiger partial charge in [0.15, 0.2) is 11.6 Å². The van der Waals surface area contributed by atoms with Gasteiger partial charge in [-0.05, 0) is 42.1 Å². The molecule has 0 aliphatic carbocycles. The summed E-state index contributed by atoms with van der Waals surface area (Å²) in [5.74, 6) is -0.123. The lowest BCUT2D eigenvalue weighted by molar-refractivity contribution is 0.386. The number of ether oxygens (including phenoxy) is 1. The average molecular weight is 295 g/mol. The molecule has 2 rings (SSSR count). The van der Waals surface area contributed by atoms with E-state index in [1.54, 1.807) is 6.07 Å². The summed E-state index contributed by atoms with van der Waals surface area (Å²) in [5.41, 5.74) is 8.00. The molecule has 1 aromatic heterocycles. The van der Waals surface area contributed by atoms with Crippen LogP contribution in [0, 0.1) is 5.82 Å². The zero-order chi connectivity index (χ0) is 14.5. The van der Waals surface area contributed by atoms with Crippen molar-refractivity contribution in [3.8, 4) is 5.75 Å². The van der Waals surface area contributed by atoms with Gasteiger partial charge < -0.3 is 10.5 Å². The quantitative estimate of drug-likeness (QED) is 0.890. The van der Waals surface area contributed by atoms with Crippen molar-refractivity contribution in [2.45, 2.75) is 32.2 Å². The van der Waals surface area contributed by atoms with Gasteiger partial charge in [-0.1, -0.05) is 23.9 Å². The second-order valence-electron chi connectivity index (χ2n) is 4.61. The van der Waals surface area contributed by atoms with E-state index in [2.05, 4.69) is 16.5 Å². The first kappa shape index (κ1) is 14.9. The van der Waals surface area contributed by atoms with Gasteiger partial charge in [0.05, 0.1) is 17.7 Å². The van der Waals surface area contributed by atoms with Crippen molar-refractivity contribution in [2.24, 2.45) is 5.73 Å². The molecule has 0 saturated heterocycles. The molecule has 0 radical (unpaired) electrons. The smallest absolute Gasteiger partial charge is 0.165 e. The van der Waals surface area contributed by atoms with Crippen LogP contribution >= 0.6 is 11.5 Å². The van der Waals surface area contributed by atoms with E-state index >= 15 is 0 Å². The molecule has 2 aromatic rings. The van der Waals surface area contributed by atoms with Gasteiger partial charge in [0, 0.05) is 6.04 Å². The lowest BCUT2D eigenvalue weighted by Crippen LogP contribution is -2.14. The van der Waals surface area contributed by atoms with Crippen molar-refractivity contribution in [3.05, 3.63) is 40.2 Å². The first-order chi connectivity index (χ1) is 9.65. The molecule has 4 nitrogen and oxygen atoms in total. The lowest BCUT2D eigenvalue weighted by Gasteiger charge is -2.11. The standard InChI is InChI=1S/C14H18FN3OS/c1-3-4-12-14(20-18-17-12)11(16)8-9-5-6-13(19-2)10(15)7-9/h5-7,11H,3-4,8,16H2,1-2H3. The van der Waals surface area contributed by atoms with E-state index in [4.69, 9.17) is 10.5 Å². The fourth-order valence-corrected chi connectivity index (χ4v) is 2.79. The van der Waals surface area contributed by atoms with Crippen LogP contribution < -0.4 is 10.5 Å². The monoisotopic (exact) mass is 295 g/mol. The van der Waals surface area contributed by atoms with Gasteiger partial charge >= 0.3 is 0 Å². The number of hydrogen-bond donors (Lipinski definition) is 1. The molecule has 1 unspecified atom stereocenters. The highest BCUT2D eigenvalue weighted by molar-refractivity contribution is 7.05. The van der Waals surface area contributed by atoms with Gasteiger partial charge in [0.1, 0.15) is 0 Å². The van der Waals surface area contributed by atoms with Crippen molar-refractivity contribution in [1.29, 1.82) is 0 Å². The maximum absolute atomic E-state index is 13.7. The Hall–Kier alpha value is -1.53. The maximum atomic E-state index is 13.7. The molecule has 0 saturated carbocycles. The SMILES string of the molecule is CCCc1nnsc1C(N)Cc1ccc(OC)c(F)c1. The van der Waals surface area contributed by atoms with Crippen molar-refractivity contribution in [1.82, 2.24) is 9.59 Å². The molecule has 0 aliphatic rings. The Morgan fingerprint density at radius 1 is 1.45 bits per heavy atom. The third-order valence-corrected chi connectivity index (χ3v) is 3.98. The summed E-state index contributed by atoms with van der Waals surface area (Å²) in [7, 11) is 1.45. The average Bonchev–Trinajstić information content (AvgIpc) is 2.88. The minimum Gasteiger partial charge on any atom is -0.494 e. The van der Waals surface area contributed by atoms with Crippen LogP contribution in [-0.4, -0.2) is 16.7 Å². The molecule has 1 atom stereocenters. The fourth-order valence-electron chi connectivity index (χ4n) is 2.09. The molecule has 6 heteroatoms. The Kier molecular flexibility index (Phi) is 5.03. The number of rotatable bonds is 6. The van der Waals surface area contributed by atoms with E-state index < -0.39 is 0 Å². The van der Waals surface area contributed by atoms with Crippen LogP contribution in [0.1, 0.15) is 35.5 Å². The van der Waals surface area contributed by atoms with Crippen LogP contribution in [0.25, 0.3) is 0 Å². The van der Waals surface area contributed by atoms with Gasteiger partial charge in [-0.2, -0.15) is 0 Å². The summed E-state index contributed by atoms with van der Waals surface area (Å²) in [5, 5.41) is 4.11. The fraction of sp³-hybridized carbons (Fsp3) is 0.429. The summed E-state index contributed by atoms with van der Waals surface area (Å²) in [6.07, 6.45) is 2.43. The largest absolute Gasteiger partial charge is 0.494 e. The Balaban J connectivity index is 2.12. The van der Waals surface area contributed by atoms with Gasteiger partial charge in [-0.25, -0.2) is 4.39 Å². The molecular formula is C14H18FN3OS. The molecule has 0 bridgehead atoms. The highest BCUT2D eigenvalue weighted by Crippen LogP contribution is 2.25. The highest BCUT2D eigenvalue weighted by atomic mass is 32.1. The topological polar surface area (TPSA) is 61.0 Å². The molecule has 1 heterocycles. The van der Waals surface area contributed by atoms with E-state index in [-0.39, 0.29) is 17.6 Å². The molecule has 1 aromatic carbocycles. The number of nitrogens with zero attached hydrogens (tertiary/aromatic N) is 2. The number of aryl methyl sites for hydroxylation is 1. The number of hydrogen-bond acceptors (Lipinski definition) is 5. The third-order valence-electron chi connectivity index (χ3n) is 3.08. The van der Waals surface area contributed by atoms with Crippen molar-refractivity contribution in [2.75, 3.05) is 7.11 Å². The predicted molar refractivity (Wildman–Crippen MR) is 77.5 cm³/mol. The summed E-state index contributed by atoms with van der Waals surface area (Å²) in [6, 6.07) is 4.71. The van der Waals surface area contributed by atoms with E-state index in [1.807, 2.05) is 6.07 Å². The van der Waals surface area contributed by atoms with Crippen molar-refractivity contribution in [3.63, 3.8) is 0 Å². The van der Waals surface area contributed by atoms with Crippen LogP contribution in [0.5, 0.6) is 5.75 Å². The normalized spacial score (nSPS) is 12.4. The zero-order valence-electron chi connectivity index (χ0n) is 11.6. The number of methoxy groups -OCH3 is 1. The molecule has 0 spiro atoms. The summed E-state index contributed by atoms with van der Waals surface area (Å²) in [6.45, 7) is 2.09. The minimum atomic E-state index is -0.367. The van der Waals surface area contributed by atoms with E-state index in [1.165, 1.54) is 24.7 Å². The third kappa shape index (κ3) is 3.32. The van der Waals surface area contributed by atoms with Crippen molar-refractivity contribution >= 4 is 11.5 Å². The number of benzene rings is 1. The van der Waals surface area contributed by atoms with Gasteiger partial charge in [0.2, 0.25) is 0 Å². The van der Waals surface area contributed by atoms with Crippen LogP contribution in [0.4, 0.5) is 4.39 Å². The molecule has 0 amide bonds. The van der Waals surface area contributed by atoms with Gasteiger partial charge in [-0.15, -0.1) is 5.10 Å². The molecule has 108 valence electrons. The second kappa shape index (κ2) is 6.76. The summed E-state index contributed by atoms with van der Waals surface area (Å²) in [4.78, 5) is 0.989. The summed E-state index contributed by atoms with van der Waals surface area (Å²) >= 11 is 1.32. The van der Waals surface area contributed by atoms with Crippen molar-refractivity contribution < 1.29 is 9.13 Å². The molecular weight excluding hydrogens is 277 g/mol. The van der Waals surface area contributed by atoms with Gasteiger partial charge in [-0.3, -0.25) is 0 Å². The molecule has 0 aliphatic heterocycles. The van der Waals surface area contributed by atoms with E-state index in [0.717, 1.165) is 29.0 Å². The first-order valence-corrected chi connectivity index (χ1v) is 7.32.